The van der Waals surface area contributed by atoms with Crippen molar-refractivity contribution in [2.45, 2.75) is 122 Å². The molecule has 0 aliphatic carbocycles. The fourth-order valence-corrected chi connectivity index (χ4v) is 6.69. The molecule has 0 aliphatic heterocycles. The van der Waals surface area contributed by atoms with Crippen LogP contribution in [0, 0.1) is 5.92 Å². The molecule has 0 aliphatic rings. The molecule has 4 N–H and O–H groups in total. The van der Waals surface area contributed by atoms with Crippen molar-refractivity contribution in [1.29, 1.82) is 0 Å². The number of alkyl carbamates (subject to hydrolysis) is 1. The van der Waals surface area contributed by atoms with Gasteiger partial charge in [0.1, 0.15) is 11.4 Å². The van der Waals surface area contributed by atoms with Crippen LogP contribution in [0.1, 0.15) is 80.7 Å². The van der Waals surface area contributed by atoms with E-state index in [1.807, 2.05) is 54.6 Å². The molecule has 0 radical (unpaired) electrons. The molecule has 2 aromatic rings. The molecule has 0 saturated heterocycles. The summed E-state index contributed by atoms with van der Waals surface area (Å²) in [6.07, 6.45) is 0.817. The molecule has 0 unspecified atom stereocenters. The Morgan fingerprint density at radius 1 is 0.706 bits per heavy atom. The first-order chi connectivity index (χ1) is 23.8. The van der Waals surface area contributed by atoms with Crippen LogP contribution in [0.15, 0.2) is 54.6 Å². The van der Waals surface area contributed by atoms with Gasteiger partial charge < -0.3 is 9.47 Å². The Kier molecular flexibility index (Phi) is 17.0. The molecule has 4 amide bonds. The standard InChI is InChI=1S/C38H56N4O8Se/c1-24(2)31(34(45)40-29(35(46)49-37(4,5)6)18-14-15-26-19-21-27(48-10)22-20-26)42-32(43)25(3)39-33(44)30(41-36(47)50-38(7,8)9)23-51-28-16-12-11-13-17-28/h11-13,16-17,19-22,24-25,29-31H,14-15,18,23H2,1-10H3,(H,39,44)(H,40,45)(H,41,47)(H,42,43)/t25-,29-,30+,31-/m0/s1. The van der Waals surface area contributed by atoms with Crippen molar-refractivity contribution < 1.29 is 38.2 Å². The number of hydrogen-bond donors (Lipinski definition) is 4. The second-order valence-electron chi connectivity index (χ2n) is 14.6. The van der Waals surface area contributed by atoms with E-state index < -0.39 is 65.2 Å². The van der Waals surface area contributed by atoms with Crippen LogP contribution in [-0.2, 0) is 35.1 Å². The second-order valence-corrected chi connectivity index (χ2v) is 16.9. The number of carbonyl (C=O) groups is 5. The summed E-state index contributed by atoms with van der Waals surface area (Å²) in [6, 6.07) is 13.3. The monoisotopic (exact) mass is 776 g/mol. The van der Waals surface area contributed by atoms with Crippen LogP contribution in [-0.4, -0.2) is 87.2 Å². The number of rotatable bonds is 17. The van der Waals surface area contributed by atoms with Crippen LogP contribution >= 0.6 is 0 Å². The van der Waals surface area contributed by atoms with Gasteiger partial charge in [0, 0.05) is 0 Å². The van der Waals surface area contributed by atoms with Crippen LogP contribution < -0.4 is 30.5 Å². The van der Waals surface area contributed by atoms with Gasteiger partial charge in [-0.25, -0.2) is 4.79 Å². The molecule has 2 rings (SSSR count). The van der Waals surface area contributed by atoms with Gasteiger partial charge in [-0.2, -0.15) is 0 Å². The Morgan fingerprint density at radius 3 is 1.86 bits per heavy atom. The third-order valence-corrected chi connectivity index (χ3v) is 9.61. The van der Waals surface area contributed by atoms with Crippen molar-refractivity contribution in [1.82, 2.24) is 21.3 Å². The van der Waals surface area contributed by atoms with Crippen molar-refractivity contribution in [3.8, 4) is 5.75 Å². The van der Waals surface area contributed by atoms with E-state index in [0.29, 0.717) is 24.6 Å². The van der Waals surface area contributed by atoms with Gasteiger partial charge in [0.25, 0.3) is 0 Å². The third-order valence-electron chi connectivity index (χ3n) is 7.29. The van der Waals surface area contributed by atoms with E-state index in [-0.39, 0.29) is 20.9 Å². The molecule has 51 heavy (non-hydrogen) atoms. The number of nitrogens with one attached hydrogen (secondary N) is 4. The van der Waals surface area contributed by atoms with E-state index in [4.69, 9.17) is 14.2 Å². The van der Waals surface area contributed by atoms with Gasteiger partial charge in [-0.15, -0.1) is 0 Å². The van der Waals surface area contributed by atoms with Gasteiger partial charge in [-0.1, -0.05) is 12.1 Å². The van der Waals surface area contributed by atoms with Crippen LogP contribution in [0.4, 0.5) is 4.79 Å². The Hall–Kier alpha value is -4.09. The van der Waals surface area contributed by atoms with Gasteiger partial charge >= 0.3 is 214 Å². The third kappa shape index (κ3) is 16.7. The van der Waals surface area contributed by atoms with Crippen molar-refractivity contribution in [2.75, 3.05) is 7.11 Å². The average molecular weight is 776 g/mol. The van der Waals surface area contributed by atoms with Crippen LogP contribution in [0.5, 0.6) is 5.75 Å². The Morgan fingerprint density at radius 2 is 1.31 bits per heavy atom. The minimum Gasteiger partial charge on any atom is -0.458 e. The Balaban J connectivity index is 2.11. The van der Waals surface area contributed by atoms with Crippen LogP contribution in [0.2, 0.25) is 5.32 Å². The molecule has 2 aromatic carbocycles. The van der Waals surface area contributed by atoms with E-state index in [2.05, 4.69) is 21.3 Å². The number of methoxy groups -OCH3 is 1. The molecule has 0 heterocycles. The van der Waals surface area contributed by atoms with E-state index in [0.717, 1.165) is 15.8 Å². The van der Waals surface area contributed by atoms with Gasteiger partial charge in [-0.3, -0.25) is 0 Å². The molecular weight excluding hydrogens is 719 g/mol. The zero-order chi connectivity index (χ0) is 38.4. The molecule has 4 atom stereocenters. The predicted molar refractivity (Wildman–Crippen MR) is 198 cm³/mol. The topological polar surface area (TPSA) is 161 Å². The maximum absolute atomic E-state index is 13.6. The fourth-order valence-electron chi connectivity index (χ4n) is 4.71. The van der Waals surface area contributed by atoms with E-state index in [1.165, 1.54) is 6.92 Å². The summed E-state index contributed by atoms with van der Waals surface area (Å²) in [4.78, 5) is 66.2. The van der Waals surface area contributed by atoms with Gasteiger partial charge in [0.2, 0.25) is 0 Å². The number of hydrogen-bond acceptors (Lipinski definition) is 8. The summed E-state index contributed by atoms with van der Waals surface area (Å²) in [6.45, 7) is 15.5. The Bertz CT molecular complexity index is 1440. The van der Waals surface area contributed by atoms with E-state index in [1.54, 1.807) is 62.5 Å². The summed E-state index contributed by atoms with van der Waals surface area (Å²) in [7, 11) is 1.60. The SMILES string of the molecule is COc1ccc(CCC[C@H](NC(=O)[C@@H](NC(=O)[C@H](C)NC(=O)[C@@H](C[Se]c2ccccc2)NC(=O)OC(C)(C)C)C(C)C)C(=O)OC(C)(C)C)cc1. The summed E-state index contributed by atoms with van der Waals surface area (Å²) in [5.74, 6) is -1.89. The molecule has 282 valence electrons. The van der Waals surface area contributed by atoms with E-state index >= 15 is 0 Å². The second kappa shape index (κ2) is 20.1. The molecule has 12 nitrogen and oxygen atoms in total. The summed E-state index contributed by atoms with van der Waals surface area (Å²) in [5, 5.41) is 11.2. The fraction of sp³-hybridized carbons (Fsp3) is 0.553. The maximum atomic E-state index is 13.6. The molecule has 0 spiro atoms. The van der Waals surface area contributed by atoms with Crippen LogP contribution in [0.3, 0.4) is 0 Å². The van der Waals surface area contributed by atoms with Gasteiger partial charge in [0.05, 0.1) is 7.11 Å². The number of benzene rings is 2. The number of ether oxygens (including phenoxy) is 3. The zero-order valence-corrected chi connectivity index (χ0v) is 33.3. The average Bonchev–Trinajstić information content (AvgIpc) is 3.03. The molecule has 0 bridgehead atoms. The van der Waals surface area contributed by atoms with Gasteiger partial charge in [-0.05, 0) is 51.3 Å². The number of aryl methyl sites for hydroxylation is 1. The number of esters is 1. The quantitative estimate of drug-likeness (QED) is 0.139. The summed E-state index contributed by atoms with van der Waals surface area (Å²) < 4.78 is 17.3. The molecule has 0 fully saturated rings. The minimum absolute atomic E-state index is 0.163. The predicted octanol–water partition coefficient (Wildman–Crippen LogP) is 3.83. The smallest absolute Gasteiger partial charge is 0.458 e. The molecule has 0 saturated carbocycles. The number of amides is 4. The first kappa shape index (κ1) is 43.1. The van der Waals surface area contributed by atoms with Crippen molar-refractivity contribution in [3.05, 3.63) is 60.2 Å². The van der Waals surface area contributed by atoms with Crippen molar-refractivity contribution in [2.24, 2.45) is 5.92 Å². The summed E-state index contributed by atoms with van der Waals surface area (Å²) in [5.41, 5.74) is -0.486. The van der Waals surface area contributed by atoms with Crippen molar-refractivity contribution >= 4 is 49.2 Å². The van der Waals surface area contributed by atoms with Gasteiger partial charge in [0.15, 0.2) is 0 Å². The Labute approximate surface area is 309 Å². The normalized spacial score (nSPS) is 13.9. The first-order valence-electron chi connectivity index (χ1n) is 17.2. The van der Waals surface area contributed by atoms with Crippen molar-refractivity contribution in [3.63, 3.8) is 0 Å². The minimum atomic E-state index is -1.05. The van der Waals surface area contributed by atoms with Crippen LogP contribution in [0.25, 0.3) is 0 Å². The molecule has 13 heteroatoms. The zero-order valence-electron chi connectivity index (χ0n) is 31.6. The number of carbonyl (C=O) groups excluding carboxylic acids is 5. The molecule has 0 aromatic heterocycles. The molecular formula is C38H56N4O8Se. The first-order valence-corrected chi connectivity index (χ1v) is 19.3. The van der Waals surface area contributed by atoms with E-state index in [9.17, 15) is 24.0 Å². The summed E-state index contributed by atoms with van der Waals surface area (Å²) >= 11 is -0.163.